The van der Waals surface area contributed by atoms with Crippen molar-refractivity contribution in [3.63, 3.8) is 0 Å². The second-order valence-electron chi connectivity index (χ2n) is 3.56. The van der Waals surface area contributed by atoms with Crippen LogP contribution in [0.25, 0.3) is 0 Å². The van der Waals surface area contributed by atoms with Gasteiger partial charge in [-0.2, -0.15) is 0 Å². The molecule has 0 aliphatic carbocycles. The topological polar surface area (TPSA) is 44.8 Å². The predicted octanol–water partition coefficient (Wildman–Crippen LogP) is 3.19. The quantitative estimate of drug-likeness (QED) is 0.317. The van der Waals surface area contributed by atoms with Crippen molar-refractivity contribution in [1.82, 2.24) is 0 Å². The Labute approximate surface area is 126 Å². The minimum Gasteiger partial charge on any atom is -0.493 e. The summed E-state index contributed by atoms with van der Waals surface area (Å²) in [6.07, 6.45) is 3.78. The molecule has 19 heavy (non-hydrogen) atoms. The minimum atomic E-state index is -0.325. The first kappa shape index (κ1) is 15.8. The normalized spacial score (nSPS) is 10.5. The number of hydrogen-bond donors (Lipinski definition) is 0. The van der Waals surface area contributed by atoms with Gasteiger partial charge in [-0.05, 0) is 48.1 Å². The third-order valence-corrected chi connectivity index (χ3v) is 3.07. The Morgan fingerprint density at radius 1 is 1.42 bits per heavy atom. The molecule has 0 bridgehead atoms. The zero-order valence-corrected chi connectivity index (χ0v) is 13.2. The molecule has 0 heterocycles. The number of carbonyl (C=O) groups excluding carboxylic acids is 1. The van der Waals surface area contributed by atoms with Crippen molar-refractivity contribution in [2.45, 2.75) is 13.3 Å². The summed E-state index contributed by atoms with van der Waals surface area (Å²) < 4.78 is 16.7. The smallest absolute Gasteiger partial charge is 0.330 e. The van der Waals surface area contributed by atoms with Gasteiger partial charge in [-0.25, -0.2) is 4.79 Å². The second kappa shape index (κ2) is 8.79. The van der Waals surface area contributed by atoms with Crippen molar-refractivity contribution in [2.24, 2.45) is 0 Å². The van der Waals surface area contributed by atoms with Gasteiger partial charge in [0.25, 0.3) is 0 Å². The molecule has 1 aromatic carbocycles. The SMILES string of the molecule is CCOC(=O)C=CCCOc1c(I)cccc1OC. The van der Waals surface area contributed by atoms with E-state index in [4.69, 9.17) is 14.2 Å². The van der Waals surface area contributed by atoms with Gasteiger partial charge in [0, 0.05) is 6.08 Å². The summed E-state index contributed by atoms with van der Waals surface area (Å²) in [7, 11) is 1.61. The van der Waals surface area contributed by atoms with Gasteiger partial charge < -0.3 is 14.2 Å². The highest BCUT2D eigenvalue weighted by Crippen LogP contribution is 2.31. The van der Waals surface area contributed by atoms with E-state index in [2.05, 4.69) is 22.6 Å². The van der Waals surface area contributed by atoms with Gasteiger partial charge in [0.05, 0.1) is 23.9 Å². The molecule has 0 saturated heterocycles. The first-order chi connectivity index (χ1) is 9.19. The summed E-state index contributed by atoms with van der Waals surface area (Å²) in [6, 6.07) is 5.72. The van der Waals surface area contributed by atoms with Gasteiger partial charge in [0.15, 0.2) is 11.5 Å². The third-order valence-electron chi connectivity index (χ3n) is 2.22. The van der Waals surface area contributed by atoms with Gasteiger partial charge in [-0.15, -0.1) is 0 Å². The lowest BCUT2D eigenvalue weighted by atomic mass is 10.3. The third kappa shape index (κ3) is 5.50. The molecule has 4 nitrogen and oxygen atoms in total. The fraction of sp³-hybridized carbons (Fsp3) is 0.357. The number of halogens is 1. The summed E-state index contributed by atoms with van der Waals surface area (Å²) in [5, 5.41) is 0. The molecular weight excluding hydrogens is 359 g/mol. The predicted molar refractivity (Wildman–Crippen MR) is 81.6 cm³/mol. The van der Waals surface area contributed by atoms with Crippen LogP contribution in [0.5, 0.6) is 11.5 Å². The van der Waals surface area contributed by atoms with Crippen LogP contribution in [-0.4, -0.2) is 26.3 Å². The number of esters is 1. The van der Waals surface area contributed by atoms with Crippen LogP contribution in [-0.2, 0) is 9.53 Å². The van der Waals surface area contributed by atoms with E-state index in [9.17, 15) is 4.79 Å². The Hall–Kier alpha value is -1.24. The van der Waals surface area contributed by atoms with Gasteiger partial charge in [0.2, 0.25) is 0 Å². The molecule has 0 saturated carbocycles. The molecule has 0 amide bonds. The molecule has 1 rings (SSSR count). The summed E-state index contributed by atoms with van der Waals surface area (Å²) in [5.41, 5.74) is 0. The standard InChI is InChI=1S/C14H17IO4/c1-3-18-13(16)9-4-5-10-19-14-11(15)7-6-8-12(14)17-2/h4,6-9H,3,5,10H2,1-2H3. The van der Waals surface area contributed by atoms with Crippen molar-refractivity contribution in [2.75, 3.05) is 20.3 Å². The largest absolute Gasteiger partial charge is 0.493 e. The summed E-state index contributed by atoms with van der Waals surface area (Å²) in [6.45, 7) is 2.64. The van der Waals surface area contributed by atoms with E-state index in [0.29, 0.717) is 25.4 Å². The minimum absolute atomic E-state index is 0.325. The highest BCUT2D eigenvalue weighted by Gasteiger charge is 2.07. The van der Waals surface area contributed by atoms with E-state index in [1.807, 2.05) is 18.2 Å². The Kier molecular flexibility index (Phi) is 7.32. The Morgan fingerprint density at radius 2 is 2.21 bits per heavy atom. The van der Waals surface area contributed by atoms with E-state index in [0.717, 1.165) is 9.32 Å². The molecule has 0 N–H and O–H groups in total. The highest BCUT2D eigenvalue weighted by molar-refractivity contribution is 14.1. The van der Waals surface area contributed by atoms with E-state index in [1.165, 1.54) is 6.08 Å². The second-order valence-corrected chi connectivity index (χ2v) is 4.72. The summed E-state index contributed by atoms with van der Waals surface area (Å²) >= 11 is 2.19. The summed E-state index contributed by atoms with van der Waals surface area (Å²) in [4.78, 5) is 11.1. The molecule has 0 spiro atoms. The lowest BCUT2D eigenvalue weighted by Crippen LogP contribution is -2.01. The average Bonchev–Trinajstić information content (AvgIpc) is 2.40. The average molecular weight is 376 g/mol. The van der Waals surface area contributed by atoms with Crippen LogP contribution in [0.3, 0.4) is 0 Å². The van der Waals surface area contributed by atoms with Crippen molar-refractivity contribution in [1.29, 1.82) is 0 Å². The van der Waals surface area contributed by atoms with E-state index < -0.39 is 0 Å². The molecule has 0 fully saturated rings. The number of benzene rings is 1. The Morgan fingerprint density at radius 3 is 2.89 bits per heavy atom. The lowest BCUT2D eigenvalue weighted by molar-refractivity contribution is -0.137. The van der Waals surface area contributed by atoms with Gasteiger partial charge in [-0.1, -0.05) is 12.1 Å². The van der Waals surface area contributed by atoms with Crippen LogP contribution in [0.4, 0.5) is 0 Å². The van der Waals surface area contributed by atoms with Crippen molar-refractivity contribution >= 4 is 28.6 Å². The number of hydrogen-bond acceptors (Lipinski definition) is 4. The molecule has 0 unspecified atom stereocenters. The maximum Gasteiger partial charge on any atom is 0.330 e. The molecule has 104 valence electrons. The zero-order chi connectivity index (χ0) is 14.1. The first-order valence-corrected chi connectivity index (χ1v) is 7.05. The molecule has 0 aliphatic heterocycles. The molecule has 0 atom stereocenters. The van der Waals surface area contributed by atoms with Crippen molar-refractivity contribution in [3.8, 4) is 11.5 Å². The van der Waals surface area contributed by atoms with Gasteiger partial charge in [0.1, 0.15) is 0 Å². The Bertz CT molecular complexity index is 443. The monoisotopic (exact) mass is 376 g/mol. The first-order valence-electron chi connectivity index (χ1n) is 5.97. The number of methoxy groups -OCH3 is 1. The molecular formula is C14H17IO4. The van der Waals surface area contributed by atoms with E-state index >= 15 is 0 Å². The summed E-state index contributed by atoms with van der Waals surface area (Å²) in [5.74, 6) is 1.12. The fourth-order valence-electron chi connectivity index (χ4n) is 1.39. The lowest BCUT2D eigenvalue weighted by Gasteiger charge is -2.11. The van der Waals surface area contributed by atoms with Gasteiger partial charge >= 0.3 is 5.97 Å². The molecule has 0 radical (unpaired) electrons. The van der Waals surface area contributed by atoms with Gasteiger partial charge in [-0.3, -0.25) is 0 Å². The number of carbonyl (C=O) groups is 1. The molecule has 0 aromatic heterocycles. The number of rotatable bonds is 7. The Balaban J connectivity index is 2.43. The number of ether oxygens (including phenoxy) is 3. The van der Waals surface area contributed by atoms with E-state index in [1.54, 1.807) is 20.1 Å². The molecule has 1 aromatic rings. The maximum absolute atomic E-state index is 11.1. The fourth-order valence-corrected chi connectivity index (χ4v) is 2.02. The van der Waals surface area contributed by atoms with Crippen molar-refractivity contribution in [3.05, 3.63) is 33.9 Å². The van der Waals surface area contributed by atoms with Crippen molar-refractivity contribution < 1.29 is 19.0 Å². The highest BCUT2D eigenvalue weighted by atomic mass is 127. The van der Waals surface area contributed by atoms with Crippen LogP contribution >= 0.6 is 22.6 Å². The maximum atomic E-state index is 11.1. The zero-order valence-electron chi connectivity index (χ0n) is 11.0. The molecule has 0 aliphatic rings. The number of para-hydroxylation sites is 1. The van der Waals surface area contributed by atoms with Crippen LogP contribution in [0.2, 0.25) is 0 Å². The van der Waals surface area contributed by atoms with Crippen LogP contribution in [0.1, 0.15) is 13.3 Å². The van der Waals surface area contributed by atoms with Crippen LogP contribution in [0.15, 0.2) is 30.4 Å². The van der Waals surface area contributed by atoms with Crippen LogP contribution in [0, 0.1) is 3.57 Å². The van der Waals surface area contributed by atoms with Crippen LogP contribution < -0.4 is 9.47 Å². The van der Waals surface area contributed by atoms with E-state index in [-0.39, 0.29) is 5.97 Å². The molecule has 5 heteroatoms.